The van der Waals surface area contributed by atoms with Crippen LogP contribution in [0.2, 0.25) is 0 Å². The third-order valence-electron chi connectivity index (χ3n) is 2.93. The molecule has 0 N–H and O–H groups in total. The van der Waals surface area contributed by atoms with Crippen LogP contribution < -0.4 is 4.74 Å². The van der Waals surface area contributed by atoms with E-state index < -0.39 is 9.84 Å². The highest BCUT2D eigenvalue weighted by atomic mass is 32.2. The van der Waals surface area contributed by atoms with Gasteiger partial charge >= 0.3 is 0 Å². The third kappa shape index (κ3) is 3.05. The molecule has 0 unspecified atom stereocenters. The third-order valence-corrected chi connectivity index (χ3v) is 4.61. The summed E-state index contributed by atoms with van der Waals surface area (Å²) in [4.78, 5) is 11.3. The van der Waals surface area contributed by atoms with Crippen molar-refractivity contribution in [1.29, 1.82) is 0 Å². The van der Waals surface area contributed by atoms with Gasteiger partial charge in [0.05, 0.1) is 17.8 Å². The number of ether oxygens (including phenoxy) is 1. The van der Waals surface area contributed by atoms with Crippen molar-refractivity contribution < 1.29 is 17.9 Å². The van der Waals surface area contributed by atoms with Crippen LogP contribution in [-0.4, -0.2) is 21.8 Å². The number of hydrogen-bond donors (Lipinski definition) is 0. The fraction of sp³-hybridized carbons (Fsp3) is 0.133. The van der Waals surface area contributed by atoms with Crippen molar-refractivity contribution in [3.8, 4) is 5.75 Å². The molecule has 0 aliphatic carbocycles. The van der Waals surface area contributed by atoms with Crippen molar-refractivity contribution in [2.24, 2.45) is 0 Å². The van der Waals surface area contributed by atoms with Gasteiger partial charge in [-0.15, -0.1) is 0 Å². The van der Waals surface area contributed by atoms with Crippen molar-refractivity contribution in [3.05, 3.63) is 59.7 Å². The Labute approximate surface area is 117 Å². The van der Waals surface area contributed by atoms with Gasteiger partial charge in [0.25, 0.3) is 0 Å². The second-order valence-corrected chi connectivity index (χ2v) is 6.24. The molecule has 0 heterocycles. The largest absolute Gasteiger partial charge is 0.497 e. The maximum atomic E-state index is 12.3. The second-order valence-electron chi connectivity index (χ2n) is 4.25. The van der Waals surface area contributed by atoms with Crippen molar-refractivity contribution >= 4 is 16.1 Å². The number of rotatable bonds is 5. The number of sulfone groups is 1. The maximum Gasteiger partial charge on any atom is 0.182 e. The van der Waals surface area contributed by atoms with E-state index in [1.807, 2.05) is 0 Å². The minimum Gasteiger partial charge on any atom is -0.497 e. The molecule has 0 aliphatic heterocycles. The summed E-state index contributed by atoms with van der Waals surface area (Å²) in [5, 5.41) is 0. The minimum atomic E-state index is -3.47. The lowest BCUT2D eigenvalue weighted by Gasteiger charge is -2.08. The number of carbonyl (C=O) groups is 1. The zero-order valence-electron chi connectivity index (χ0n) is 10.9. The molecule has 0 spiro atoms. The monoisotopic (exact) mass is 290 g/mol. The molecule has 0 radical (unpaired) electrons. The molecule has 0 saturated heterocycles. The van der Waals surface area contributed by atoms with Crippen LogP contribution in [0.5, 0.6) is 5.75 Å². The van der Waals surface area contributed by atoms with Gasteiger partial charge in [-0.25, -0.2) is 8.42 Å². The summed E-state index contributed by atoms with van der Waals surface area (Å²) in [6.45, 7) is 0. The molecule has 104 valence electrons. The maximum absolute atomic E-state index is 12.3. The number of methoxy groups -OCH3 is 1. The Morgan fingerprint density at radius 3 is 2.40 bits per heavy atom. The average molecular weight is 290 g/mol. The van der Waals surface area contributed by atoms with Crippen molar-refractivity contribution in [2.75, 3.05) is 7.11 Å². The van der Waals surface area contributed by atoms with Gasteiger partial charge in [-0.2, -0.15) is 0 Å². The Kier molecular flexibility index (Phi) is 4.20. The molecular formula is C15H14O4S. The van der Waals surface area contributed by atoms with E-state index in [-0.39, 0.29) is 10.6 Å². The summed E-state index contributed by atoms with van der Waals surface area (Å²) < 4.78 is 29.6. The fourth-order valence-electron chi connectivity index (χ4n) is 1.86. The highest BCUT2D eigenvalue weighted by Crippen LogP contribution is 2.21. The van der Waals surface area contributed by atoms with Gasteiger partial charge in [-0.1, -0.05) is 24.3 Å². The van der Waals surface area contributed by atoms with Gasteiger partial charge in [0, 0.05) is 5.56 Å². The van der Waals surface area contributed by atoms with Gasteiger partial charge in [0.15, 0.2) is 9.84 Å². The van der Waals surface area contributed by atoms with Crippen LogP contribution in [0.15, 0.2) is 53.4 Å². The minimum absolute atomic E-state index is 0.213. The van der Waals surface area contributed by atoms with Crippen molar-refractivity contribution in [1.82, 2.24) is 0 Å². The van der Waals surface area contributed by atoms with Crippen molar-refractivity contribution in [3.63, 3.8) is 0 Å². The topological polar surface area (TPSA) is 60.4 Å². The molecule has 5 heteroatoms. The summed E-state index contributed by atoms with van der Waals surface area (Å²) in [5.74, 6) is 0.308. The molecule has 0 atom stereocenters. The quantitative estimate of drug-likeness (QED) is 0.794. The number of carbonyl (C=O) groups excluding carboxylic acids is 1. The summed E-state index contributed by atoms with van der Waals surface area (Å²) in [5.41, 5.74) is 0.786. The van der Waals surface area contributed by atoms with E-state index in [1.54, 1.807) is 42.5 Å². The molecule has 2 rings (SSSR count). The predicted octanol–water partition coefficient (Wildman–Crippen LogP) is 2.48. The lowest BCUT2D eigenvalue weighted by molar-refractivity contribution is 0.112. The lowest BCUT2D eigenvalue weighted by atomic mass is 10.1. The van der Waals surface area contributed by atoms with Gasteiger partial charge in [-0.3, -0.25) is 4.79 Å². The fourth-order valence-corrected chi connectivity index (χ4v) is 3.27. The number of aldehydes is 1. The van der Waals surface area contributed by atoms with E-state index in [0.29, 0.717) is 23.2 Å². The molecule has 2 aromatic rings. The average Bonchev–Trinajstić information content (AvgIpc) is 2.48. The first kappa shape index (κ1) is 14.3. The summed E-state index contributed by atoms with van der Waals surface area (Å²) in [7, 11) is -1.97. The zero-order chi connectivity index (χ0) is 14.6. The van der Waals surface area contributed by atoms with E-state index in [1.165, 1.54) is 13.2 Å². The lowest BCUT2D eigenvalue weighted by Crippen LogP contribution is -2.07. The predicted molar refractivity (Wildman–Crippen MR) is 75.7 cm³/mol. The normalized spacial score (nSPS) is 11.1. The van der Waals surface area contributed by atoms with Crippen LogP contribution in [0.4, 0.5) is 0 Å². The van der Waals surface area contributed by atoms with Gasteiger partial charge in [0.2, 0.25) is 0 Å². The van der Waals surface area contributed by atoms with E-state index >= 15 is 0 Å². The Morgan fingerprint density at radius 2 is 1.80 bits per heavy atom. The smallest absolute Gasteiger partial charge is 0.182 e. The van der Waals surface area contributed by atoms with Crippen LogP contribution in [0.3, 0.4) is 0 Å². The molecule has 0 saturated carbocycles. The Hall–Kier alpha value is -2.14. The van der Waals surface area contributed by atoms with E-state index in [9.17, 15) is 13.2 Å². The first-order valence-corrected chi connectivity index (χ1v) is 7.62. The van der Waals surface area contributed by atoms with Gasteiger partial charge in [-0.05, 0) is 29.8 Å². The van der Waals surface area contributed by atoms with E-state index in [4.69, 9.17) is 4.74 Å². The van der Waals surface area contributed by atoms with Crippen LogP contribution in [0.25, 0.3) is 0 Å². The highest BCUT2D eigenvalue weighted by molar-refractivity contribution is 7.90. The molecule has 4 nitrogen and oxygen atoms in total. The van der Waals surface area contributed by atoms with Crippen LogP contribution in [0.1, 0.15) is 15.9 Å². The number of hydrogen-bond acceptors (Lipinski definition) is 4. The molecule has 0 aliphatic rings. The molecule has 2 aromatic carbocycles. The highest BCUT2D eigenvalue weighted by Gasteiger charge is 2.17. The molecule has 0 fully saturated rings. The summed E-state index contributed by atoms with van der Waals surface area (Å²) in [6, 6.07) is 12.9. The number of benzene rings is 2. The Morgan fingerprint density at radius 1 is 1.10 bits per heavy atom. The van der Waals surface area contributed by atoms with Gasteiger partial charge in [0.1, 0.15) is 12.0 Å². The molecule has 0 bridgehead atoms. The Balaban J connectivity index is 2.37. The molecule has 20 heavy (non-hydrogen) atoms. The van der Waals surface area contributed by atoms with E-state index in [0.717, 1.165) is 0 Å². The van der Waals surface area contributed by atoms with E-state index in [2.05, 4.69) is 0 Å². The van der Waals surface area contributed by atoms with Crippen LogP contribution >= 0.6 is 0 Å². The standard InChI is InChI=1S/C15H14O4S/c1-19-14-8-7-12(13(9-14)10-16)11-20(17,18)15-5-3-2-4-6-15/h2-10H,11H2,1H3. The Bertz CT molecular complexity index is 706. The first-order valence-electron chi connectivity index (χ1n) is 5.97. The molecule has 0 aromatic heterocycles. The molecule has 0 amide bonds. The van der Waals surface area contributed by atoms with Crippen molar-refractivity contribution in [2.45, 2.75) is 10.6 Å². The van der Waals surface area contributed by atoms with Crippen LogP contribution in [0, 0.1) is 0 Å². The second kappa shape index (κ2) is 5.88. The summed E-state index contributed by atoms with van der Waals surface area (Å²) >= 11 is 0. The molecular weight excluding hydrogens is 276 g/mol. The zero-order valence-corrected chi connectivity index (χ0v) is 11.8. The van der Waals surface area contributed by atoms with Crippen LogP contribution in [-0.2, 0) is 15.6 Å². The van der Waals surface area contributed by atoms with Gasteiger partial charge < -0.3 is 4.74 Å². The first-order chi connectivity index (χ1) is 9.56. The summed E-state index contributed by atoms with van der Waals surface area (Å²) in [6.07, 6.45) is 0.637. The SMILES string of the molecule is COc1ccc(CS(=O)(=O)c2ccccc2)c(C=O)c1.